The number of fused-ring (bicyclic) bond motifs is 3. The summed E-state index contributed by atoms with van der Waals surface area (Å²) in [6.45, 7) is 2.70. The van der Waals surface area contributed by atoms with Crippen molar-refractivity contribution in [3.8, 4) is 5.75 Å². The molecule has 0 N–H and O–H groups in total. The van der Waals surface area contributed by atoms with Crippen LogP contribution in [-0.2, 0) is 20.8 Å². The lowest BCUT2D eigenvalue weighted by Gasteiger charge is -2.10. The average Bonchev–Trinajstić information content (AvgIpc) is 3.16. The summed E-state index contributed by atoms with van der Waals surface area (Å²) in [7, 11) is -3.81. The molecule has 0 radical (unpaired) electrons. The zero-order chi connectivity index (χ0) is 23.5. The van der Waals surface area contributed by atoms with Crippen molar-refractivity contribution in [1.29, 1.82) is 0 Å². The molecule has 6 heteroatoms. The molecule has 5 nitrogen and oxygen atoms in total. The molecule has 5 rings (SSSR count). The number of aromatic nitrogens is 1. The Bertz CT molecular complexity index is 1540. The van der Waals surface area contributed by atoms with E-state index in [-0.39, 0.29) is 18.1 Å². The van der Waals surface area contributed by atoms with Gasteiger partial charge in [0.1, 0.15) is 19.0 Å². The topological polar surface area (TPSA) is 57.5 Å². The third-order valence-corrected chi connectivity index (χ3v) is 7.16. The number of nitrogens with zero attached hydrogens (tertiary/aromatic N) is 1. The second-order valence-corrected chi connectivity index (χ2v) is 9.82. The van der Waals surface area contributed by atoms with Gasteiger partial charge < -0.3 is 9.30 Å². The molecule has 4 aromatic carbocycles. The highest BCUT2D eigenvalue weighted by Crippen LogP contribution is 2.32. The summed E-state index contributed by atoms with van der Waals surface area (Å²) in [5.41, 5.74) is 4.43. The number of para-hydroxylation sites is 1. The van der Waals surface area contributed by atoms with Gasteiger partial charge in [-0.3, -0.25) is 4.18 Å². The molecule has 0 aliphatic carbocycles. The van der Waals surface area contributed by atoms with Crippen LogP contribution in [0.5, 0.6) is 5.75 Å². The molecular formula is C28H25NO4S. The predicted octanol–water partition coefficient (Wildman–Crippen LogP) is 5.94. The Kier molecular flexibility index (Phi) is 6.09. The highest BCUT2D eigenvalue weighted by Gasteiger charge is 2.15. The number of aryl methyl sites for hydroxylation is 1. The lowest BCUT2D eigenvalue weighted by atomic mass is 10.1. The molecule has 0 aliphatic rings. The summed E-state index contributed by atoms with van der Waals surface area (Å²) < 4.78 is 38.0. The Morgan fingerprint density at radius 1 is 0.735 bits per heavy atom. The molecule has 0 saturated heterocycles. The van der Waals surface area contributed by atoms with Gasteiger partial charge in [0, 0.05) is 28.9 Å². The molecule has 1 heterocycles. The number of hydrogen-bond donors (Lipinski definition) is 0. The minimum absolute atomic E-state index is 0.0682. The molecule has 172 valence electrons. The minimum atomic E-state index is -3.81. The molecule has 1 aromatic heterocycles. The van der Waals surface area contributed by atoms with Gasteiger partial charge in [-0.25, -0.2) is 0 Å². The average molecular weight is 472 g/mol. The van der Waals surface area contributed by atoms with Crippen molar-refractivity contribution in [3.63, 3.8) is 0 Å². The van der Waals surface area contributed by atoms with Gasteiger partial charge in [0.05, 0.1) is 10.4 Å². The second-order valence-electron chi connectivity index (χ2n) is 8.21. The van der Waals surface area contributed by atoms with Crippen LogP contribution in [0.15, 0.2) is 102 Å². The second kappa shape index (κ2) is 9.33. The summed E-state index contributed by atoms with van der Waals surface area (Å²) in [6.07, 6.45) is 0. The van der Waals surface area contributed by atoms with Crippen LogP contribution in [-0.4, -0.2) is 26.2 Å². The van der Waals surface area contributed by atoms with E-state index in [0.29, 0.717) is 5.75 Å². The highest BCUT2D eigenvalue weighted by molar-refractivity contribution is 7.86. The first-order valence-electron chi connectivity index (χ1n) is 11.2. The normalized spacial score (nSPS) is 11.8. The van der Waals surface area contributed by atoms with Gasteiger partial charge in [0.25, 0.3) is 10.1 Å². The molecule has 0 bridgehead atoms. The van der Waals surface area contributed by atoms with E-state index in [0.717, 1.165) is 28.5 Å². The fraction of sp³-hybridized carbons (Fsp3) is 0.143. The largest absolute Gasteiger partial charge is 0.491 e. The Labute approximate surface area is 199 Å². The Morgan fingerprint density at radius 3 is 2.24 bits per heavy atom. The zero-order valence-electron chi connectivity index (χ0n) is 18.8. The molecule has 0 aliphatic heterocycles. The summed E-state index contributed by atoms with van der Waals surface area (Å²) >= 11 is 0. The summed E-state index contributed by atoms with van der Waals surface area (Å²) in [4.78, 5) is 0.143. The monoisotopic (exact) mass is 471 g/mol. The standard InChI is InChI=1S/C28H25NO4S/c1-21-11-14-24(15-12-21)34(30,31)33-18-17-32-23-13-16-26-25-9-5-6-10-27(25)29(28(26)19-23)20-22-7-3-2-4-8-22/h2-16,19H,17-18,20H2,1H3. The quantitative estimate of drug-likeness (QED) is 0.208. The molecule has 0 unspecified atom stereocenters. The lowest BCUT2D eigenvalue weighted by Crippen LogP contribution is -2.13. The van der Waals surface area contributed by atoms with Gasteiger partial charge in [-0.15, -0.1) is 0 Å². The van der Waals surface area contributed by atoms with Crippen LogP contribution in [0.3, 0.4) is 0 Å². The Balaban J connectivity index is 1.35. The van der Waals surface area contributed by atoms with Crippen LogP contribution in [0.1, 0.15) is 11.1 Å². The predicted molar refractivity (Wildman–Crippen MR) is 135 cm³/mol. The van der Waals surface area contributed by atoms with Crippen molar-refractivity contribution in [2.45, 2.75) is 18.4 Å². The highest BCUT2D eigenvalue weighted by atomic mass is 32.2. The van der Waals surface area contributed by atoms with Gasteiger partial charge in [-0.2, -0.15) is 8.42 Å². The van der Waals surface area contributed by atoms with E-state index in [1.807, 2.05) is 49.4 Å². The van der Waals surface area contributed by atoms with E-state index >= 15 is 0 Å². The zero-order valence-corrected chi connectivity index (χ0v) is 19.7. The third kappa shape index (κ3) is 4.55. The van der Waals surface area contributed by atoms with Crippen molar-refractivity contribution in [3.05, 3.63) is 108 Å². The third-order valence-electron chi connectivity index (χ3n) is 5.83. The maximum atomic E-state index is 12.4. The first kappa shape index (κ1) is 22.2. The van der Waals surface area contributed by atoms with E-state index in [1.54, 1.807) is 24.3 Å². The van der Waals surface area contributed by atoms with Gasteiger partial charge in [-0.1, -0.05) is 66.2 Å². The van der Waals surface area contributed by atoms with Crippen LogP contribution in [0, 0.1) is 6.92 Å². The molecule has 5 aromatic rings. The lowest BCUT2D eigenvalue weighted by molar-refractivity contribution is 0.221. The number of ether oxygens (including phenoxy) is 1. The summed E-state index contributed by atoms with van der Waals surface area (Å²) in [6, 6.07) is 31.2. The fourth-order valence-electron chi connectivity index (χ4n) is 4.13. The van der Waals surface area contributed by atoms with Crippen molar-refractivity contribution in [2.75, 3.05) is 13.2 Å². The molecule has 0 amide bonds. The Hall–Kier alpha value is -3.61. The van der Waals surface area contributed by atoms with Gasteiger partial charge in [-0.05, 0) is 42.8 Å². The summed E-state index contributed by atoms with van der Waals surface area (Å²) in [5, 5.41) is 2.34. The van der Waals surface area contributed by atoms with Crippen LogP contribution in [0.25, 0.3) is 21.8 Å². The van der Waals surface area contributed by atoms with E-state index in [2.05, 4.69) is 34.9 Å². The van der Waals surface area contributed by atoms with E-state index < -0.39 is 10.1 Å². The van der Waals surface area contributed by atoms with E-state index in [4.69, 9.17) is 8.92 Å². The molecule has 0 spiro atoms. The van der Waals surface area contributed by atoms with Crippen LogP contribution >= 0.6 is 0 Å². The van der Waals surface area contributed by atoms with Crippen LogP contribution in [0.2, 0.25) is 0 Å². The minimum Gasteiger partial charge on any atom is -0.491 e. The van der Waals surface area contributed by atoms with Crippen molar-refractivity contribution >= 4 is 31.9 Å². The van der Waals surface area contributed by atoms with Gasteiger partial charge in [0.2, 0.25) is 0 Å². The molecule has 0 fully saturated rings. The first-order valence-corrected chi connectivity index (χ1v) is 12.6. The fourth-order valence-corrected chi connectivity index (χ4v) is 5.02. The van der Waals surface area contributed by atoms with Crippen LogP contribution < -0.4 is 4.74 Å². The molecule has 0 atom stereocenters. The maximum absolute atomic E-state index is 12.4. The van der Waals surface area contributed by atoms with Crippen molar-refractivity contribution < 1.29 is 17.3 Å². The van der Waals surface area contributed by atoms with Crippen molar-refractivity contribution in [1.82, 2.24) is 4.57 Å². The van der Waals surface area contributed by atoms with Gasteiger partial charge >= 0.3 is 0 Å². The summed E-state index contributed by atoms with van der Waals surface area (Å²) in [5.74, 6) is 0.668. The Morgan fingerprint density at radius 2 is 1.44 bits per heavy atom. The smallest absolute Gasteiger partial charge is 0.297 e. The van der Waals surface area contributed by atoms with E-state index in [9.17, 15) is 8.42 Å². The first-order chi connectivity index (χ1) is 16.5. The SMILES string of the molecule is Cc1ccc(S(=O)(=O)OCCOc2ccc3c4ccccc4n(Cc4ccccc4)c3c2)cc1. The molecular weight excluding hydrogens is 446 g/mol. The number of hydrogen-bond acceptors (Lipinski definition) is 4. The van der Waals surface area contributed by atoms with Crippen LogP contribution in [0.4, 0.5) is 0 Å². The van der Waals surface area contributed by atoms with E-state index in [1.165, 1.54) is 10.9 Å². The number of benzene rings is 4. The van der Waals surface area contributed by atoms with Gasteiger partial charge in [0.15, 0.2) is 0 Å². The maximum Gasteiger partial charge on any atom is 0.297 e. The molecule has 34 heavy (non-hydrogen) atoms. The van der Waals surface area contributed by atoms with Crippen molar-refractivity contribution in [2.24, 2.45) is 0 Å². The number of rotatable bonds is 8. The molecule has 0 saturated carbocycles.